The number of guanidine groups is 1. The van der Waals surface area contributed by atoms with Gasteiger partial charge in [-0.15, -0.1) is 0 Å². The number of allylic oxidation sites excluding steroid dienone is 1. The molecule has 0 fully saturated rings. The van der Waals surface area contributed by atoms with Crippen LogP contribution in [-0.4, -0.2) is 30.7 Å². The Bertz CT molecular complexity index is 417. The SMILES string of the molecule is CN=C(NCCC1=CCCC1)NCCn1cccc1. The summed E-state index contributed by atoms with van der Waals surface area (Å²) in [6, 6.07) is 4.09. The molecule has 0 saturated carbocycles. The minimum Gasteiger partial charge on any atom is -0.356 e. The van der Waals surface area contributed by atoms with E-state index in [0.29, 0.717) is 0 Å². The summed E-state index contributed by atoms with van der Waals surface area (Å²) in [5, 5.41) is 6.70. The van der Waals surface area contributed by atoms with Crippen LogP contribution < -0.4 is 10.6 Å². The highest BCUT2D eigenvalue weighted by molar-refractivity contribution is 5.79. The second-order valence-electron chi connectivity index (χ2n) is 4.85. The molecule has 0 aliphatic heterocycles. The van der Waals surface area contributed by atoms with Gasteiger partial charge >= 0.3 is 0 Å². The third kappa shape index (κ3) is 4.81. The molecule has 0 saturated heterocycles. The molecule has 1 aromatic heterocycles. The Morgan fingerprint density at radius 2 is 2.05 bits per heavy atom. The standard InChI is InChI=1S/C15H24N4/c1-16-15(17-9-8-14-6-2-3-7-14)18-10-13-19-11-4-5-12-19/h4-6,11-12H,2-3,7-10,13H2,1H3,(H2,16,17,18). The van der Waals surface area contributed by atoms with E-state index >= 15 is 0 Å². The van der Waals surface area contributed by atoms with Gasteiger partial charge in [0.05, 0.1) is 0 Å². The summed E-state index contributed by atoms with van der Waals surface area (Å²) in [4.78, 5) is 4.24. The average Bonchev–Trinajstić information content (AvgIpc) is 3.10. The van der Waals surface area contributed by atoms with Crippen molar-refractivity contribution in [1.82, 2.24) is 15.2 Å². The molecule has 0 bridgehead atoms. The van der Waals surface area contributed by atoms with Crippen LogP contribution >= 0.6 is 0 Å². The monoisotopic (exact) mass is 260 g/mol. The van der Waals surface area contributed by atoms with E-state index in [0.717, 1.165) is 32.0 Å². The van der Waals surface area contributed by atoms with Gasteiger partial charge in [-0.3, -0.25) is 4.99 Å². The van der Waals surface area contributed by atoms with Gasteiger partial charge in [0.1, 0.15) is 0 Å². The van der Waals surface area contributed by atoms with Gasteiger partial charge in [0.15, 0.2) is 5.96 Å². The van der Waals surface area contributed by atoms with E-state index in [9.17, 15) is 0 Å². The van der Waals surface area contributed by atoms with Gasteiger partial charge in [0, 0.05) is 39.1 Å². The summed E-state index contributed by atoms with van der Waals surface area (Å²) in [5.74, 6) is 0.894. The van der Waals surface area contributed by atoms with Crippen LogP contribution in [0.2, 0.25) is 0 Å². The highest BCUT2D eigenvalue weighted by Crippen LogP contribution is 2.19. The van der Waals surface area contributed by atoms with E-state index in [1.165, 1.54) is 19.3 Å². The lowest BCUT2D eigenvalue weighted by molar-refractivity contribution is 0.664. The van der Waals surface area contributed by atoms with Gasteiger partial charge in [-0.1, -0.05) is 11.6 Å². The van der Waals surface area contributed by atoms with E-state index in [-0.39, 0.29) is 0 Å². The van der Waals surface area contributed by atoms with Gasteiger partial charge in [-0.25, -0.2) is 0 Å². The van der Waals surface area contributed by atoms with Crippen molar-refractivity contribution in [3.05, 3.63) is 36.2 Å². The molecule has 4 nitrogen and oxygen atoms in total. The van der Waals surface area contributed by atoms with E-state index in [4.69, 9.17) is 0 Å². The first-order chi connectivity index (χ1) is 9.38. The van der Waals surface area contributed by atoms with Crippen LogP contribution in [0.25, 0.3) is 0 Å². The number of nitrogens with one attached hydrogen (secondary N) is 2. The van der Waals surface area contributed by atoms with Crippen molar-refractivity contribution in [1.29, 1.82) is 0 Å². The second kappa shape index (κ2) is 7.67. The average molecular weight is 260 g/mol. The molecule has 2 rings (SSSR count). The van der Waals surface area contributed by atoms with Crippen molar-refractivity contribution >= 4 is 5.96 Å². The molecule has 1 heterocycles. The minimum absolute atomic E-state index is 0.886. The molecular weight excluding hydrogens is 236 g/mol. The van der Waals surface area contributed by atoms with Crippen LogP contribution in [0.15, 0.2) is 41.2 Å². The molecule has 0 radical (unpaired) electrons. The maximum atomic E-state index is 4.24. The summed E-state index contributed by atoms with van der Waals surface area (Å²) in [6.45, 7) is 2.81. The van der Waals surface area contributed by atoms with E-state index in [1.54, 1.807) is 5.57 Å². The molecule has 1 aliphatic carbocycles. The number of hydrogen-bond donors (Lipinski definition) is 2. The topological polar surface area (TPSA) is 41.4 Å². The van der Waals surface area contributed by atoms with Gasteiger partial charge in [-0.2, -0.15) is 0 Å². The molecule has 104 valence electrons. The molecule has 0 spiro atoms. The lowest BCUT2D eigenvalue weighted by Crippen LogP contribution is -2.39. The minimum atomic E-state index is 0.886. The van der Waals surface area contributed by atoms with Crippen molar-refractivity contribution < 1.29 is 0 Å². The zero-order valence-electron chi connectivity index (χ0n) is 11.7. The first-order valence-electron chi connectivity index (χ1n) is 7.11. The van der Waals surface area contributed by atoms with Crippen LogP contribution in [-0.2, 0) is 6.54 Å². The first kappa shape index (κ1) is 13.7. The number of hydrogen-bond acceptors (Lipinski definition) is 1. The zero-order chi connectivity index (χ0) is 13.3. The van der Waals surface area contributed by atoms with Gasteiger partial charge < -0.3 is 15.2 Å². The molecule has 1 aromatic rings. The number of nitrogens with zero attached hydrogens (tertiary/aromatic N) is 2. The predicted molar refractivity (Wildman–Crippen MR) is 80.3 cm³/mol. The molecule has 19 heavy (non-hydrogen) atoms. The van der Waals surface area contributed by atoms with Crippen molar-refractivity contribution in [2.75, 3.05) is 20.1 Å². The quantitative estimate of drug-likeness (QED) is 0.467. The fraction of sp³-hybridized carbons (Fsp3) is 0.533. The normalized spacial score (nSPS) is 15.4. The fourth-order valence-electron chi connectivity index (χ4n) is 2.35. The van der Waals surface area contributed by atoms with E-state index < -0.39 is 0 Å². The van der Waals surface area contributed by atoms with E-state index in [2.05, 4.69) is 38.7 Å². The lowest BCUT2D eigenvalue weighted by Gasteiger charge is -2.12. The summed E-state index contributed by atoms with van der Waals surface area (Å²) < 4.78 is 2.16. The largest absolute Gasteiger partial charge is 0.356 e. The maximum Gasteiger partial charge on any atom is 0.191 e. The van der Waals surface area contributed by atoms with Crippen LogP contribution in [0, 0.1) is 0 Å². The molecule has 1 aliphatic rings. The highest BCUT2D eigenvalue weighted by atomic mass is 15.2. The van der Waals surface area contributed by atoms with Crippen LogP contribution in [0.1, 0.15) is 25.7 Å². The Labute approximate surface area is 115 Å². The van der Waals surface area contributed by atoms with Crippen LogP contribution in [0.4, 0.5) is 0 Å². The number of aromatic nitrogens is 1. The summed E-state index contributed by atoms with van der Waals surface area (Å²) >= 11 is 0. The third-order valence-corrected chi connectivity index (χ3v) is 3.43. The second-order valence-corrected chi connectivity index (χ2v) is 4.85. The molecule has 0 atom stereocenters. The summed E-state index contributed by atoms with van der Waals surface area (Å²) in [5.41, 5.74) is 1.59. The summed E-state index contributed by atoms with van der Waals surface area (Å²) in [6.07, 6.45) is 11.5. The number of rotatable bonds is 6. The Balaban J connectivity index is 1.60. The molecule has 2 N–H and O–H groups in total. The zero-order valence-corrected chi connectivity index (χ0v) is 11.7. The smallest absolute Gasteiger partial charge is 0.191 e. The van der Waals surface area contributed by atoms with Crippen molar-refractivity contribution in [3.8, 4) is 0 Å². The lowest BCUT2D eigenvalue weighted by atomic mass is 10.2. The Kier molecular flexibility index (Phi) is 5.53. The predicted octanol–water partition coefficient (Wildman–Crippen LogP) is 2.15. The van der Waals surface area contributed by atoms with Crippen molar-refractivity contribution in [3.63, 3.8) is 0 Å². The molecule has 0 aromatic carbocycles. The van der Waals surface area contributed by atoms with Gasteiger partial charge in [0.2, 0.25) is 0 Å². The Hall–Kier alpha value is -1.71. The Morgan fingerprint density at radius 3 is 2.74 bits per heavy atom. The molecule has 0 amide bonds. The summed E-state index contributed by atoms with van der Waals surface area (Å²) in [7, 11) is 1.82. The van der Waals surface area contributed by atoms with Gasteiger partial charge in [0.25, 0.3) is 0 Å². The van der Waals surface area contributed by atoms with E-state index in [1.807, 2.05) is 19.2 Å². The first-order valence-corrected chi connectivity index (χ1v) is 7.11. The van der Waals surface area contributed by atoms with Crippen LogP contribution in [0.3, 0.4) is 0 Å². The van der Waals surface area contributed by atoms with Crippen molar-refractivity contribution in [2.24, 2.45) is 4.99 Å². The molecule has 4 heteroatoms. The number of aliphatic imine (C=N–C) groups is 1. The fourth-order valence-corrected chi connectivity index (χ4v) is 2.35. The molecular formula is C15H24N4. The van der Waals surface area contributed by atoms with Gasteiger partial charge in [-0.05, 0) is 37.8 Å². The molecule has 0 unspecified atom stereocenters. The van der Waals surface area contributed by atoms with Crippen molar-refractivity contribution in [2.45, 2.75) is 32.2 Å². The maximum absolute atomic E-state index is 4.24. The Morgan fingerprint density at radius 1 is 1.26 bits per heavy atom. The van der Waals surface area contributed by atoms with Crippen LogP contribution in [0.5, 0.6) is 0 Å². The third-order valence-electron chi connectivity index (χ3n) is 3.43. The highest BCUT2D eigenvalue weighted by Gasteiger charge is 2.04.